The molecule has 3 heteroatoms. The van der Waals surface area contributed by atoms with Gasteiger partial charge in [0.25, 0.3) is 0 Å². The first-order valence-electron chi connectivity index (χ1n) is 19.3. The van der Waals surface area contributed by atoms with E-state index in [1.165, 1.54) is 42.4 Å². The molecule has 0 unspecified atom stereocenters. The molecule has 268 valence electrons. The summed E-state index contributed by atoms with van der Waals surface area (Å²) in [7, 11) is 0. The zero-order valence-corrected chi connectivity index (χ0v) is 31.8. The van der Waals surface area contributed by atoms with Crippen LogP contribution in [0, 0.1) is 0 Å². The number of fused-ring (bicyclic) bond motifs is 6. The van der Waals surface area contributed by atoms with Crippen molar-refractivity contribution < 1.29 is 4.42 Å². The van der Waals surface area contributed by atoms with Crippen LogP contribution < -0.4 is 4.90 Å². The number of para-hydroxylation sites is 1. The maximum atomic E-state index is 6.50. The lowest BCUT2D eigenvalue weighted by Gasteiger charge is -2.27. The van der Waals surface area contributed by atoms with E-state index in [9.17, 15) is 0 Å². The number of nitrogens with zero attached hydrogens (tertiary/aromatic N) is 1. The smallest absolute Gasteiger partial charge is 0.143 e. The molecule has 0 saturated carbocycles. The van der Waals surface area contributed by atoms with Crippen LogP contribution in [0.2, 0.25) is 0 Å². The molecular formula is C54H35NOS. The molecule has 0 N–H and O–H groups in total. The maximum Gasteiger partial charge on any atom is 0.143 e. The first kappa shape index (κ1) is 33.2. The lowest BCUT2D eigenvalue weighted by Crippen LogP contribution is -2.10. The molecule has 2 aromatic heterocycles. The van der Waals surface area contributed by atoms with E-state index in [-0.39, 0.29) is 0 Å². The Hall–Kier alpha value is -7.20. The van der Waals surface area contributed by atoms with Crippen molar-refractivity contribution in [3.63, 3.8) is 0 Å². The van der Waals surface area contributed by atoms with Gasteiger partial charge in [-0.1, -0.05) is 164 Å². The van der Waals surface area contributed by atoms with Gasteiger partial charge in [-0.05, 0) is 87.5 Å². The molecule has 2 heterocycles. The molecule has 11 rings (SSSR count). The number of rotatable bonds is 7. The third kappa shape index (κ3) is 5.80. The Morgan fingerprint density at radius 2 is 0.912 bits per heavy atom. The minimum Gasteiger partial charge on any atom is -0.455 e. The molecule has 0 aliphatic rings. The van der Waals surface area contributed by atoms with Gasteiger partial charge in [-0.25, -0.2) is 0 Å². The fourth-order valence-corrected chi connectivity index (χ4v) is 9.59. The summed E-state index contributed by atoms with van der Waals surface area (Å²) in [6.07, 6.45) is 0. The van der Waals surface area contributed by atoms with Gasteiger partial charge in [0.1, 0.15) is 11.2 Å². The van der Waals surface area contributed by atoms with Crippen LogP contribution in [0.1, 0.15) is 0 Å². The van der Waals surface area contributed by atoms with Gasteiger partial charge in [0.15, 0.2) is 0 Å². The van der Waals surface area contributed by atoms with Crippen molar-refractivity contribution in [3.8, 4) is 44.5 Å². The Kier molecular flexibility index (Phi) is 8.04. The topological polar surface area (TPSA) is 16.4 Å². The van der Waals surface area contributed by atoms with E-state index in [1.807, 2.05) is 17.4 Å². The average Bonchev–Trinajstić information content (AvgIpc) is 3.87. The predicted octanol–water partition coefficient (Wildman–Crippen LogP) is 16.1. The minimum absolute atomic E-state index is 0.893. The fraction of sp³-hybridized carbons (Fsp3) is 0. The number of benzene rings is 9. The summed E-state index contributed by atoms with van der Waals surface area (Å²) >= 11 is 1.87. The molecule has 9 aromatic carbocycles. The molecule has 0 radical (unpaired) electrons. The van der Waals surface area contributed by atoms with Gasteiger partial charge >= 0.3 is 0 Å². The van der Waals surface area contributed by atoms with Gasteiger partial charge in [-0.2, -0.15) is 0 Å². The number of hydrogen-bond donors (Lipinski definition) is 0. The minimum atomic E-state index is 0.893. The quantitative estimate of drug-likeness (QED) is 0.162. The fourth-order valence-electron chi connectivity index (χ4n) is 8.33. The predicted molar refractivity (Wildman–Crippen MR) is 243 cm³/mol. The van der Waals surface area contributed by atoms with Crippen LogP contribution in [-0.4, -0.2) is 0 Å². The molecule has 2 nitrogen and oxygen atoms in total. The van der Waals surface area contributed by atoms with E-state index in [0.29, 0.717) is 0 Å². The Labute approximate surface area is 335 Å². The third-order valence-electron chi connectivity index (χ3n) is 11.1. The standard InChI is InChI=1S/C54H35NOS/c1-4-13-36(14-5-1)37-23-28-42(29-24-37)55(49-33-32-45(40-17-8-3-9-18-40)54-52(49)47-19-10-11-22-51(47)57-54)43-30-25-38(26-31-43)41-27-34-50-48(35-41)46-21-12-20-44(53(46)56-50)39-15-6-2-7-16-39/h1-35H. The van der Waals surface area contributed by atoms with Gasteiger partial charge in [-0.3, -0.25) is 0 Å². The summed E-state index contributed by atoms with van der Waals surface area (Å²) in [6.45, 7) is 0. The molecule has 11 aromatic rings. The van der Waals surface area contributed by atoms with E-state index in [1.54, 1.807) is 0 Å². The number of furan rings is 1. The molecule has 0 spiro atoms. The van der Waals surface area contributed by atoms with Crippen LogP contribution in [-0.2, 0) is 0 Å². The van der Waals surface area contributed by atoms with Gasteiger partial charge < -0.3 is 9.32 Å². The normalized spacial score (nSPS) is 11.5. The van der Waals surface area contributed by atoms with Crippen molar-refractivity contribution in [2.24, 2.45) is 0 Å². The highest BCUT2D eigenvalue weighted by molar-refractivity contribution is 7.26. The molecular weight excluding hydrogens is 711 g/mol. The highest BCUT2D eigenvalue weighted by atomic mass is 32.1. The summed E-state index contributed by atoms with van der Waals surface area (Å²) in [6, 6.07) is 76.2. The van der Waals surface area contributed by atoms with Gasteiger partial charge in [0.05, 0.1) is 5.69 Å². The molecule has 0 fully saturated rings. The Morgan fingerprint density at radius 1 is 0.368 bits per heavy atom. The third-order valence-corrected chi connectivity index (χ3v) is 12.3. The molecule has 0 atom stereocenters. The van der Waals surface area contributed by atoms with Crippen LogP contribution in [0.15, 0.2) is 217 Å². The molecule has 0 saturated heterocycles. The van der Waals surface area contributed by atoms with Crippen LogP contribution in [0.3, 0.4) is 0 Å². The van der Waals surface area contributed by atoms with E-state index >= 15 is 0 Å². The Bertz CT molecular complexity index is 3200. The van der Waals surface area contributed by atoms with Crippen LogP contribution in [0.25, 0.3) is 86.6 Å². The first-order chi connectivity index (χ1) is 28.3. The van der Waals surface area contributed by atoms with Crippen molar-refractivity contribution in [1.82, 2.24) is 0 Å². The maximum absolute atomic E-state index is 6.50. The molecule has 0 aliphatic carbocycles. The highest BCUT2D eigenvalue weighted by Gasteiger charge is 2.21. The van der Waals surface area contributed by atoms with E-state index in [2.05, 4.69) is 211 Å². The van der Waals surface area contributed by atoms with E-state index < -0.39 is 0 Å². The molecule has 0 aliphatic heterocycles. The van der Waals surface area contributed by atoms with Gasteiger partial charge in [0.2, 0.25) is 0 Å². The van der Waals surface area contributed by atoms with Gasteiger partial charge in [0, 0.05) is 47.9 Å². The number of thiophene rings is 1. The average molecular weight is 746 g/mol. The lowest BCUT2D eigenvalue weighted by molar-refractivity contribution is 0.670. The van der Waals surface area contributed by atoms with Crippen molar-refractivity contribution in [2.75, 3.05) is 4.90 Å². The summed E-state index contributed by atoms with van der Waals surface area (Å²) in [5, 5.41) is 4.78. The monoisotopic (exact) mass is 745 g/mol. The van der Waals surface area contributed by atoms with E-state index in [0.717, 1.165) is 61.3 Å². The second-order valence-corrected chi connectivity index (χ2v) is 15.5. The summed E-state index contributed by atoms with van der Waals surface area (Å²) in [5.41, 5.74) is 14.6. The number of anilines is 3. The van der Waals surface area contributed by atoms with Gasteiger partial charge in [-0.15, -0.1) is 11.3 Å². The van der Waals surface area contributed by atoms with Crippen molar-refractivity contribution >= 4 is 70.5 Å². The van der Waals surface area contributed by atoms with Crippen LogP contribution in [0.5, 0.6) is 0 Å². The first-order valence-corrected chi connectivity index (χ1v) is 20.1. The van der Waals surface area contributed by atoms with Crippen LogP contribution in [0.4, 0.5) is 17.1 Å². The highest BCUT2D eigenvalue weighted by Crippen LogP contribution is 2.48. The second-order valence-electron chi connectivity index (χ2n) is 14.5. The molecule has 0 bridgehead atoms. The largest absolute Gasteiger partial charge is 0.455 e. The van der Waals surface area contributed by atoms with Crippen LogP contribution >= 0.6 is 11.3 Å². The lowest BCUT2D eigenvalue weighted by atomic mass is 9.99. The SMILES string of the molecule is c1ccc(-c2ccc(N(c3ccc(-c4ccc5oc6c(-c7ccccc7)cccc6c5c4)cc3)c3ccc(-c4ccccc4)c4sc5ccccc5c34)cc2)cc1. The zero-order valence-electron chi connectivity index (χ0n) is 31.0. The molecule has 0 amide bonds. The zero-order chi connectivity index (χ0) is 37.7. The second kappa shape index (κ2) is 13.8. The van der Waals surface area contributed by atoms with Crippen molar-refractivity contribution in [3.05, 3.63) is 212 Å². The van der Waals surface area contributed by atoms with Crippen molar-refractivity contribution in [1.29, 1.82) is 0 Å². The van der Waals surface area contributed by atoms with Crippen molar-refractivity contribution in [2.45, 2.75) is 0 Å². The Balaban J connectivity index is 1.05. The summed E-state index contributed by atoms with van der Waals surface area (Å²) < 4.78 is 9.08. The van der Waals surface area contributed by atoms with E-state index in [4.69, 9.17) is 4.42 Å². The Morgan fingerprint density at radius 3 is 1.60 bits per heavy atom. The summed E-state index contributed by atoms with van der Waals surface area (Å²) in [4.78, 5) is 2.42. The summed E-state index contributed by atoms with van der Waals surface area (Å²) in [5.74, 6) is 0. The number of hydrogen-bond acceptors (Lipinski definition) is 3. The molecule has 57 heavy (non-hydrogen) atoms.